The van der Waals surface area contributed by atoms with Crippen molar-refractivity contribution in [3.8, 4) is 0 Å². The van der Waals surface area contributed by atoms with E-state index in [1.807, 2.05) is 0 Å². The van der Waals surface area contributed by atoms with Crippen LogP contribution in [-0.4, -0.2) is 19.1 Å². The summed E-state index contributed by atoms with van der Waals surface area (Å²) in [5.74, 6) is 0.731. The molecule has 3 heteroatoms. The highest BCUT2D eigenvalue weighted by Gasteiger charge is 2.23. The second-order valence-corrected chi connectivity index (χ2v) is 2.33. The highest BCUT2D eigenvalue weighted by molar-refractivity contribution is 5.78. The minimum atomic E-state index is 0.0394. The van der Waals surface area contributed by atoms with Crippen LogP contribution in [-0.2, 0) is 9.53 Å². The zero-order chi connectivity index (χ0) is 7.56. The van der Waals surface area contributed by atoms with E-state index >= 15 is 0 Å². The Morgan fingerprint density at radius 1 is 1.90 bits per heavy atom. The zero-order valence-corrected chi connectivity index (χ0v) is 6.02. The van der Waals surface area contributed by atoms with Gasteiger partial charge in [0, 0.05) is 6.42 Å². The molecule has 1 unspecified atom stereocenters. The van der Waals surface area contributed by atoms with Crippen LogP contribution in [0.3, 0.4) is 0 Å². The van der Waals surface area contributed by atoms with E-state index in [1.54, 1.807) is 7.11 Å². The van der Waals surface area contributed by atoms with Gasteiger partial charge in [-0.3, -0.25) is 4.79 Å². The lowest BCUT2D eigenvalue weighted by Gasteiger charge is -2.10. The zero-order valence-electron chi connectivity index (χ0n) is 6.02. The third kappa shape index (κ3) is 1.29. The molecule has 1 amide bonds. The van der Waals surface area contributed by atoms with Crippen molar-refractivity contribution in [1.29, 1.82) is 0 Å². The van der Waals surface area contributed by atoms with Crippen molar-refractivity contribution in [3.63, 3.8) is 0 Å². The summed E-state index contributed by atoms with van der Waals surface area (Å²) < 4.78 is 4.87. The Labute approximate surface area is 60.1 Å². The lowest BCUT2D eigenvalue weighted by molar-refractivity contribution is -0.119. The molecular weight excluding hydrogens is 130 g/mol. The largest absolute Gasteiger partial charge is 0.500 e. The SMILES string of the molecule is C=C(OC)C1CCC(=O)N1. The quantitative estimate of drug-likeness (QED) is 0.566. The van der Waals surface area contributed by atoms with Crippen LogP contribution in [0, 0.1) is 0 Å². The Kier molecular flexibility index (Phi) is 1.94. The smallest absolute Gasteiger partial charge is 0.220 e. The summed E-state index contributed by atoms with van der Waals surface area (Å²) in [5.41, 5.74) is 0. The van der Waals surface area contributed by atoms with Crippen molar-refractivity contribution in [2.24, 2.45) is 0 Å². The number of carbonyl (C=O) groups excluding carboxylic acids is 1. The molecule has 3 nitrogen and oxygen atoms in total. The fourth-order valence-electron chi connectivity index (χ4n) is 0.998. The average molecular weight is 141 g/mol. The number of carbonyl (C=O) groups is 1. The molecular formula is C7H11NO2. The van der Waals surface area contributed by atoms with Crippen LogP contribution in [0.1, 0.15) is 12.8 Å². The van der Waals surface area contributed by atoms with Gasteiger partial charge in [-0.05, 0) is 6.42 Å². The molecule has 1 aliphatic rings. The summed E-state index contributed by atoms with van der Waals surface area (Å²) in [6.45, 7) is 3.65. The number of nitrogens with one attached hydrogen (secondary N) is 1. The van der Waals surface area contributed by atoms with Crippen molar-refractivity contribution >= 4 is 5.91 Å². The number of ether oxygens (including phenoxy) is 1. The van der Waals surface area contributed by atoms with Gasteiger partial charge in [0.2, 0.25) is 5.91 Å². The minimum absolute atomic E-state index is 0.0394. The molecule has 0 spiro atoms. The van der Waals surface area contributed by atoms with Crippen LogP contribution in [0.25, 0.3) is 0 Å². The van der Waals surface area contributed by atoms with Crippen LogP contribution < -0.4 is 5.32 Å². The number of hydrogen-bond acceptors (Lipinski definition) is 2. The molecule has 0 bridgehead atoms. The molecule has 0 aromatic heterocycles. The number of methoxy groups -OCH3 is 1. The van der Waals surface area contributed by atoms with E-state index in [2.05, 4.69) is 11.9 Å². The molecule has 1 N–H and O–H groups in total. The molecule has 1 rings (SSSR count). The van der Waals surface area contributed by atoms with Crippen molar-refractivity contribution in [2.75, 3.05) is 7.11 Å². The second kappa shape index (κ2) is 2.73. The number of hydrogen-bond donors (Lipinski definition) is 1. The molecule has 0 aliphatic carbocycles. The van der Waals surface area contributed by atoms with E-state index in [4.69, 9.17) is 4.74 Å². The van der Waals surface area contributed by atoms with Crippen molar-refractivity contribution in [3.05, 3.63) is 12.3 Å². The molecule has 56 valence electrons. The van der Waals surface area contributed by atoms with Gasteiger partial charge in [-0.2, -0.15) is 0 Å². The predicted molar refractivity (Wildman–Crippen MR) is 37.3 cm³/mol. The van der Waals surface area contributed by atoms with Gasteiger partial charge in [0.1, 0.15) is 5.76 Å². The highest BCUT2D eigenvalue weighted by Crippen LogP contribution is 2.13. The molecule has 0 aromatic carbocycles. The van der Waals surface area contributed by atoms with Crippen LogP contribution >= 0.6 is 0 Å². The van der Waals surface area contributed by atoms with E-state index in [0.29, 0.717) is 12.2 Å². The molecule has 1 saturated heterocycles. The molecule has 1 fully saturated rings. The third-order valence-corrected chi connectivity index (χ3v) is 1.65. The molecule has 1 heterocycles. The average Bonchev–Trinajstić information content (AvgIpc) is 2.34. The lowest BCUT2D eigenvalue weighted by Crippen LogP contribution is -2.27. The van der Waals surface area contributed by atoms with Gasteiger partial charge in [0.05, 0.1) is 13.2 Å². The first-order chi connectivity index (χ1) is 4.74. The van der Waals surface area contributed by atoms with Gasteiger partial charge >= 0.3 is 0 Å². The van der Waals surface area contributed by atoms with Crippen LogP contribution in [0.5, 0.6) is 0 Å². The van der Waals surface area contributed by atoms with Gasteiger partial charge in [0.25, 0.3) is 0 Å². The van der Waals surface area contributed by atoms with E-state index < -0.39 is 0 Å². The Morgan fingerprint density at radius 2 is 2.60 bits per heavy atom. The van der Waals surface area contributed by atoms with Crippen molar-refractivity contribution < 1.29 is 9.53 Å². The van der Waals surface area contributed by atoms with Gasteiger partial charge in [-0.15, -0.1) is 0 Å². The summed E-state index contributed by atoms with van der Waals surface area (Å²) in [4.78, 5) is 10.7. The molecule has 0 aromatic rings. The minimum Gasteiger partial charge on any atom is -0.500 e. The molecule has 0 saturated carbocycles. The fraction of sp³-hybridized carbons (Fsp3) is 0.571. The first-order valence-corrected chi connectivity index (χ1v) is 3.26. The summed E-state index contributed by atoms with van der Waals surface area (Å²) >= 11 is 0. The van der Waals surface area contributed by atoms with Crippen LogP contribution in [0.2, 0.25) is 0 Å². The van der Waals surface area contributed by atoms with E-state index in [1.165, 1.54) is 0 Å². The normalized spacial score (nSPS) is 24.1. The maximum atomic E-state index is 10.7. The third-order valence-electron chi connectivity index (χ3n) is 1.65. The summed E-state index contributed by atoms with van der Waals surface area (Å²) in [5, 5.41) is 2.74. The maximum absolute atomic E-state index is 10.7. The molecule has 10 heavy (non-hydrogen) atoms. The van der Waals surface area contributed by atoms with Crippen LogP contribution in [0.4, 0.5) is 0 Å². The van der Waals surface area contributed by atoms with Gasteiger partial charge in [0.15, 0.2) is 0 Å². The maximum Gasteiger partial charge on any atom is 0.220 e. The standard InChI is InChI=1S/C7H11NO2/c1-5(10-2)6-3-4-7(9)8-6/h6H,1,3-4H2,2H3,(H,8,9). The Balaban J connectivity index is 2.44. The fourth-order valence-corrected chi connectivity index (χ4v) is 0.998. The topological polar surface area (TPSA) is 38.3 Å². The van der Waals surface area contributed by atoms with Gasteiger partial charge in [-0.1, -0.05) is 6.58 Å². The molecule has 1 aliphatic heterocycles. The Morgan fingerprint density at radius 3 is 3.00 bits per heavy atom. The van der Waals surface area contributed by atoms with E-state index in [-0.39, 0.29) is 11.9 Å². The summed E-state index contributed by atoms with van der Waals surface area (Å²) in [6, 6.07) is 0.0394. The van der Waals surface area contributed by atoms with Crippen molar-refractivity contribution in [1.82, 2.24) is 5.32 Å². The number of amides is 1. The first kappa shape index (κ1) is 7.12. The molecule has 1 atom stereocenters. The van der Waals surface area contributed by atoms with Gasteiger partial charge in [-0.25, -0.2) is 0 Å². The highest BCUT2D eigenvalue weighted by atomic mass is 16.5. The number of rotatable bonds is 2. The summed E-state index contributed by atoms with van der Waals surface area (Å²) in [7, 11) is 1.56. The lowest BCUT2D eigenvalue weighted by atomic mass is 10.2. The molecule has 0 radical (unpaired) electrons. The van der Waals surface area contributed by atoms with Gasteiger partial charge < -0.3 is 10.1 Å². The summed E-state index contributed by atoms with van der Waals surface area (Å²) in [6.07, 6.45) is 1.40. The van der Waals surface area contributed by atoms with Crippen molar-refractivity contribution in [2.45, 2.75) is 18.9 Å². The first-order valence-electron chi connectivity index (χ1n) is 3.26. The Bertz CT molecular complexity index is 165. The van der Waals surface area contributed by atoms with Crippen LogP contribution in [0.15, 0.2) is 12.3 Å². The van der Waals surface area contributed by atoms with E-state index in [0.717, 1.165) is 6.42 Å². The predicted octanol–water partition coefficient (Wildman–Crippen LogP) is 0.425. The monoisotopic (exact) mass is 141 g/mol. The Hall–Kier alpha value is -0.990. The second-order valence-electron chi connectivity index (χ2n) is 2.33. The van der Waals surface area contributed by atoms with E-state index in [9.17, 15) is 4.79 Å².